The van der Waals surface area contributed by atoms with Crippen molar-refractivity contribution in [2.75, 3.05) is 6.54 Å². The van der Waals surface area contributed by atoms with Crippen LogP contribution in [0.15, 0.2) is 41.0 Å². The van der Waals surface area contributed by atoms with Crippen LogP contribution in [0, 0.1) is 6.92 Å². The molecule has 0 bridgehead atoms. The molecular formula is C14H15BrN2O. The summed E-state index contributed by atoms with van der Waals surface area (Å²) in [5, 5.41) is 2.89. The van der Waals surface area contributed by atoms with Gasteiger partial charge in [0.1, 0.15) is 5.69 Å². The number of aromatic nitrogens is 1. The van der Waals surface area contributed by atoms with Gasteiger partial charge in [-0.1, -0.05) is 29.8 Å². The lowest BCUT2D eigenvalue weighted by molar-refractivity contribution is 0.0950. The van der Waals surface area contributed by atoms with E-state index in [2.05, 4.69) is 51.4 Å². The minimum atomic E-state index is -0.0756. The number of benzene rings is 1. The molecule has 1 aromatic heterocycles. The van der Waals surface area contributed by atoms with E-state index in [-0.39, 0.29) is 5.91 Å². The number of hydrogen-bond donors (Lipinski definition) is 2. The van der Waals surface area contributed by atoms with Crippen LogP contribution in [0.4, 0.5) is 0 Å². The summed E-state index contributed by atoms with van der Waals surface area (Å²) in [6.07, 6.45) is 2.59. The first kappa shape index (κ1) is 12.9. The van der Waals surface area contributed by atoms with Gasteiger partial charge < -0.3 is 10.3 Å². The van der Waals surface area contributed by atoms with Crippen molar-refractivity contribution in [2.45, 2.75) is 13.3 Å². The summed E-state index contributed by atoms with van der Waals surface area (Å²) in [6.45, 7) is 2.71. The van der Waals surface area contributed by atoms with Crippen molar-refractivity contribution in [1.29, 1.82) is 0 Å². The van der Waals surface area contributed by atoms with Gasteiger partial charge in [-0.15, -0.1) is 0 Å². The Hall–Kier alpha value is -1.55. The third kappa shape index (κ3) is 3.47. The summed E-state index contributed by atoms with van der Waals surface area (Å²) in [7, 11) is 0. The number of carbonyl (C=O) groups is 1. The second-order valence-electron chi connectivity index (χ2n) is 4.23. The fraction of sp³-hybridized carbons (Fsp3) is 0.214. The molecule has 94 valence electrons. The maximum absolute atomic E-state index is 11.8. The Kier molecular flexibility index (Phi) is 4.20. The molecule has 2 rings (SSSR count). The number of halogens is 1. The molecule has 2 aromatic rings. The molecule has 1 amide bonds. The number of nitrogens with one attached hydrogen (secondary N) is 2. The monoisotopic (exact) mass is 306 g/mol. The fourth-order valence-corrected chi connectivity index (χ4v) is 2.13. The normalized spacial score (nSPS) is 10.3. The molecule has 3 nitrogen and oxygen atoms in total. The van der Waals surface area contributed by atoms with Crippen LogP contribution >= 0.6 is 15.9 Å². The van der Waals surface area contributed by atoms with Crippen molar-refractivity contribution in [3.63, 3.8) is 0 Å². The van der Waals surface area contributed by atoms with Crippen molar-refractivity contribution < 1.29 is 4.79 Å². The average molecular weight is 307 g/mol. The van der Waals surface area contributed by atoms with Crippen LogP contribution in [-0.2, 0) is 6.42 Å². The molecule has 1 heterocycles. The van der Waals surface area contributed by atoms with Crippen LogP contribution in [0.3, 0.4) is 0 Å². The Bertz CT molecular complexity index is 548. The predicted octanol–water partition coefficient (Wildman–Crippen LogP) is 3.06. The second-order valence-corrected chi connectivity index (χ2v) is 5.14. The highest BCUT2D eigenvalue weighted by atomic mass is 79.9. The maximum atomic E-state index is 11.8. The molecule has 0 saturated heterocycles. The zero-order valence-electron chi connectivity index (χ0n) is 10.2. The molecule has 18 heavy (non-hydrogen) atoms. The van der Waals surface area contributed by atoms with E-state index in [1.807, 2.05) is 6.07 Å². The van der Waals surface area contributed by atoms with Gasteiger partial charge in [0.25, 0.3) is 5.91 Å². The molecule has 0 saturated carbocycles. The number of rotatable bonds is 4. The minimum absolute atomic E-state index is 0.0756. The SMILES string of the molecule is Cc1cccc(CCNC(=O)c2cc(Br)c[nH]2)c1. The van der Waals surface area contributed by atoms with Gasteiger partial charge in [-0.25, -0.2) is 0 Å². The van der Waals surface area contributed by atoms with Crippen LogP contribution in [0.2, 0.25) is 0 Å². The first-order valence-corrected chi connectivity index (χ1v) is 6.62. The van der Waals surface area contributed by atoms with Crippen LogP contribution in [0.1, 0.15) is 21.6 Å². The third-order valence-corrected chi connectivity index (χ3v) is 3.13. The van der Waals surface area contributed by atoms with Crippen LogP contribution in [-0.4, -0.2) is 17.4 Å². The zero-order chi connectivity index (χ0) is 13.0. The largest absolute Gasteiger partial charge is 0.356 e. The van der Waals surface area contributed by atoms with Crippen molar-refractivity contribution in [2.24, 2.45) is 0 Å². The summed E-state index contributed by atoms with van der Waals surface area (Å²) < 4.78 is 0.881. The van der Waals surface area contributed by atoms with E-state index in [1.54, 1.807) is 12.3 Å². The van der Waals surface area contributed by atoms with E-state index in [9.17, 15) is 4.79 Å². The highest BCUT2D eigenvalue weighted by Crippen LogP contribution is 2.10. The topological polar surface area (TPSA) is 44.9 Å². The van der Waals surface area contributed by atoms with E-state index < -0.39 is 0 Å². The molecule has 1 aromatic carbocycles. The number of hydrogen-bond acceptors (Lipinski definition) is 1. The second kappa shape index (κ2) is 5.87. The number of amides is 1. The number of H-pyrrole nitrogens is 1. The maximum Gasteiger partial charge on any atom is 0.267 e. The standard InChI is InChI=1S/C14H15BrN2O/c1-10-3-2-4-11(7-10)5-6-16-14(18)13-8-12(15)9-17-13/h2-4,7-9,17H,5-6H2,1H3,(H,16,18). The lowest BCUT2D eigenvalue weighted by atomic mass is 10.1. The lowest BCUT2D eigenvalue weighted by Crippen LogP contribution is -2.25. The molecule has 0 fully saturated rings. The van der Waals surface area contributed by atoms with Gasteiger partial charge in [0.15, 0.2) is 0 Å². The first-order chi connectivity index (χ1) is 8.65. The highest BCUT2D eigenvalue weighted by molar-refractivity contribution is 9.10. The molecule has 0 radical (unpaired) electrons. The molecule has 0 unspecified atom stereocenters. The average Bonchev–Trinajstić information content (AvgIpc) is 2.76. The number of aromatic amines is 1. The third-order valence-electron chi connectivity index (χ3n) is 2.67. The Labute approximate surface area is 115 Å². The predicted molar refractivity (Wildman–Crippen MR) is 75.7 cm³/mol. The highest BCUT2D eigenvalue weighted by Gasteiger charge is 2.06. The van der Waals surface area contributed by atoms with Gasteiger partial charge in [0, 0.05) is 17.2 Å². The van der Waals surface area contributed by atoms with Crippen LogP contribution < -0.4 is 5.32 Å². The quantitative estimate of drug-likeness (QED) is 0.896. The smallest absolute Gasteiger partial charge is 0.267 e. The molecular weight excluding hydrogens is 292 g/mol. The molecule has 0 aliphatic rings. The summed E-state index contributed by atoms with van der Waals surface area (Å²) in [5.74, 6) is -0.0756. The van der Waals surface area contributed by atoms with Gasteiger partial charge in [-0.3, -0.25) is 4.79 Å². The van der Waals surface area contributed by atoms with Crippen LogP contribution in [0.5, 0.6) is 0 Å². The Morgan fingerprint density at radius 2 is 2.22 bits per heavy atom. The summed E-state index contributed by atoms with van der Waals surface area (Å²) >= 11 is 3.30. The van der Waals surface area contributed by atoms with E-state index in [0.717, 1.165) is 10.9 Å². The molecule has 0 aliphatic heterocycles. The summed E-state index contributed by atoms with van der Waals surface area (Å²) in [4.78, 5) is 14.7. The number of aryl methyl sites for hydroxylation is 1. The molecule has 0 aliphatic carbocycles. The van der Waals surface area contributed by atoms with Crippen molar-refractivity contribution in [3.05, 3.63) is 57.8 Å². The molecule has 0 spiro atoms. The van der Waals surface area contributed by atoms with Crippen molar-refractivity contribution in [1.82, 2.24) is 10.3 Å². The Morgan fingerprint density at radius 3 is 2.89 bits per heavy atom. The molecule has 2 N–H and O–H groups in total. The first-order valence-electron chi connectivity index (χ1n) is 5.83. The summed E-state index contributed by atoms with van der Waals surface area (Å²) in [5.41, 5.74) is 3.06. The van der Waals surface area contributed by atoms with E-state index >= 15 is 0 Å². The molecule has 0 atom stereocenters. The van der Waals surface area contributed by atoms with Gasteiger partial charge in [-0.05, 0) is 40.9 Å². The van der Waals surface area contributed by atoms with E-state index in [0.29, 0.717) is 12.2 Å². The lowest BCUT2D eigenvalue weighted by Gasteiger charge is -2.04. The zero-order valence-corrected chi connectivity index (χ0v) is 11.8. The van der Waals surface area contributed by atoms with Gasteiger partial charge in [-0.2, -0.15) is 0 Å². The van der Waals surface area contributed by atoms with Gasteiger partial charge >= 0.3 is 0 Å². The van der Waals surface area contributed by atoms with Crippen molar-refractivity contribution in [3.8, 4) is 0 Å². The van der Waals surface area contributed by atoms with E-state index in [1.165, 1.54) is 11.1 Å². The minimum Gasteiger partial charge on any atom is -0.356 e. The van der Waals surface area contributed by atoms with Crippen LogP contribution in [0.25, 0.3) is 0 Å². The van der Waals surface area contributed by atoms with Gasteiger partial charge in [0.05, 0.1) is 0 Å². The number of carbonyl (C=O) groups excluding carboxylic acids is 1. The van der Waals surface area contributed by atoms with Gasteiger partial charge in [0.2, 0.25) is 0 Å². The molecule has 4 heteroatoms. The fourth-order valence-electron chi connectivity index (χ4n) is 1.78. The Morgan fingerprint density at radius 1 is 1.39 bits per heavy atom. The summed E-state index contributed by atoms with van der Waals surface area (Å²) in [6, 6.07) is 10.1. The Balaban J connectivity index is 1.84. The van der Waals surface area contributed by atoms with E-state index in [4.69, 9.17) is 0 Å². The van der Waals surface area contributed by atoms with Crippen molar-refractivity contribution >= 4 is 21.8 Å².